The lowest BCUT2D eigenvalue weighted by molar-refractivity contribution is -0.170. The summed E-state index contributed by atoms with van der Waals surface area (Å²) < 4.78 is 5.47. The highest BCUT2D eigenvalue weighted by atomic mass is 16.7. The highest BCUT2D eigenvalue weighted by Gasteiger charge is 2.08. The molecule has 0 saturated carbocycles. The van der Waals surface area contributed by atoms with E-state index < -0.39 is 0 Å². The Morgan fingerprint density at radius 3 is 2.85 bits per heavy atom. The van der Waals surface area contributed by atoms with E-state index in [0.717, 1.165) is 16.2 Å². The molecule has 2 rings (SSSR count). The summed E-state index contributed by atoms with van der Waals surface area (Å²) in [7, 11) is 2.94. The summed E-state index contributed by atoms with van der Waals surface area (Å²) >= 11 is 0. The molecule has 0 atom stereocenters. The summed E-state index contributed by atoms with van der Waals surface area (Å²) in [6.07, 6.45) is 7.21. The van der Waals surface area contributed by atoms with Gasteiger partial charge in [-0.05, 0) is 41.8 Å². The zero-order valence-corrected chi connectivity index (χ0v) is 15.4. The second-order valence-corrected chi connectivity index (χ2v) is 5.67. The van der Waals surface area contributed by atoms with Crippen LogP contribution in [0.1, 0.15) is 11.1 Å². The van der Waals surface area contributed by atoms with Crippen LogP contribution in [0.4, 0.5) is 0 Å². The molecule has 0 fully saturated rings. The van der Waals surface area contributed by atoms with Gasteiger partial charge in [-0.25, -0.2) is 5.06 Å². The van der Waals surface area contributed by atoms with Gasteiger partial charge < -0.3 is 10.1 Å². The maximum absolute atomic E-state index is 11.8. The minimum absolute atomic E-state index is 0.107. The van der Waals surface area contributed by atoms with Crippen molar-refractivity contribution < 1.29 is 19.2 Å². The first-order valence-electron chi connectivity index (χ1n) is 8.47. The molecular weight excluding hydrogens is 346 g/mol. The molecule has 27 heavy (non-hydrogen) atoms. The number of carbonyl (C=O) groups excluding carboxylic acids is 2. The van der Waals surface area contributed by atoms with Crippen molar-refractivity contribution in [3.05, 3.63) is 66.0 Å². The predicted molar refractivity (Wildman–Crippen MR) is 102 cm³/mol. The Hall–Kier alpha value is -3.19. The summed E-state index contributed by atoms with van der Waals surface area (Å²) in [5.41, 5.74) is 1.86. The molecule has 0 aliphatic carbocycles. The lowest BCUT2D eigenvalue weighted by Gasteiger charge is -2.14. The van der Waals surface area contributed by atoms with Gasteiger partial charge in [-0.3, -0.25) is 19.4 Å². The first kappa shape index (κ1) is 20.1. The summed E-state index contributed by atoms with van der Waals surface area (Å²) in [5, 5.41) is 3.94. The van der Waals surface area contributed by atoms with Crippen LogP contribution in [0.2, 0.25) is 0 Å². The van der Waals surface area contributed by atoms with Crippen molar-refractivity contribution in [3.63, 3.8) is 0 Å². The van der Waals surface area contributed by atoms with E-state index in [9.17, 15) is 9.59 Å². The first-order chi connectivity index (χ1) is 13.1. The van der Waals surface area contributed by atoms with Gasteiger partial charge in [0.1, 0.15) is 5.75 Å². The van der Waals surface area contributed by atoms with E-state index in [1.807, 2.05) is 30.3 Å². The normalized spacial score (nSPS) is 10.6. The average Bonchev–Trinajstić information content (AvgIpc) is 2.71. The Labute approximate surface area is 158 Å². The van der Waals surface area contributed by atoms with Gasteiger partial charge in [-0.15, -0.1) is 0 Å². The van der Waals surface area contributed by atoms with Gasteiger partial charge in [0.05, 0.1) is 7.11 Å². The van der Waals surface area contributed by atoms with Crippen molar-refractivity contribution in [2.24, 2.45) is 0 Å². The van der Waals surface area contributed by atoms with Gasteiger partial charge in [-0.1, -0.05) is 18.2 Å². The third-order valence-corrected chi connectivity index (χ3v) is 3.71. The fraction of sp³-hybridized carbons (Fsp3) is 0.250. The lowest BCUT2D eigenvalue weighted by Crippen LogP contribution is -2.30. The zero-order chi connectivity index (χ0) is 19.5. The van der Waals surface area contributed by atoms with Gasteiger partial charge in [-0.2, -0.15) is 0 Å². The van der Waals surface area contributed by atoms with Crippen LogP contribution in [0.15, 0.2) is 54.9 Å². The summed E-state index contributed by atoms with van der Waals surface area (Å²) in [5.74, 6) is 0.142. The molecule has 0 unspecified atom stereocenters. The van der Waals surface area contributed by atoms with Gasteiger partial charge in [0.2, 0.25) is 5.91 Å². The SMILES string of the molecule is CON(C)C(=O)COc1cccc(CCNC(=O)C=Cc2cccnc2)c1. The molecule has 7 heteroatoms. The van der Waals surface area contributed by atoms with Crippen LogP contribution < -0.4 is 10.1 Å². The number of ether oxygens (including phenoxy) is 1. The maximum Gasteiger partial charge on any atom is 0.283 e. The van der Waals surface area contributed by atoms with Gasteiger partial charge in [0, 0.05) is 32.1 Å². The molecule has 2 aromatic rings. The molecule has 142 valence electrons. The van der Waals surface area contributed by atoms with Crippen molar-refractivity contribution in [2.45, 2.75) is 6.42 Å². The number of aromatic nitrogens is 1. The summed E-state index contributed by atoms with van der Waals surface area (Å²) in [4.78, 5) is 32.3. The summed E-state index contributed by atoms with van der Waals surface area (Å²) in [6.45, 7) is 0.384. The lowest BCUT2D eigenvalue weighted by atomic mass is 10.1. The number of amides is 2. The molecule has 0 saturated heterocycles. The second kappa shape index (κ2) is 10.7. The number of benzene rings is 1. The molecule has 1 heterocycles. The average molecular weight is 369 g/mol. The Morgan fingerprint density at radius 2 is 2.11 bits per heavy atom. The van der Waals surface area contributed by atoms with Crippen LogP contribution in [0.3, 0.4) is 0 Å². The van der Waals surface area contributed by atoms with Crippen LogP contribution in [0.5, 0.6) is 5.75 Å². The molecule has 7 nitrogen and oxygen atoms in total. The Balaban J connectivity index is 1.76. The molecular formula is C20H23N3O4. The number of hydrogen-bond acceptors (Lipinski definition) is 5. The number of hydroxylamine groups is 2. The van der Waals surface area contributed by atoms with Gasteiger partial charge in [0.15, 0.2) is 6.61 Å². The topological polar surface area (TPSA) is 80.8 Å². The fourth-order valence-electron chi connectivity index (χ4n) is 2.16. The van der Waals surface area contributed by atoms with Gasteiger partial charge >= 0.3 is 0 Å². The third kappa shape index (κ3) is 7.29. The minimum atomic E-state index is -0.282. The first-order valence-corrected chi connectivity index (χ1v) is 8.47. The van der Waals surface area contributed by atoms with Crippen LogP contribution in [0, 0.1) is 0 Å². The molecule has 0 aliphatic heterocycles. The molecule has 0 spiro atoms. The van der Waals surface area contributed by atoms with E-state index in [-0.39, 0.29) is 18.4 Å². The van der Waals surface area contributed by atoms with E-state index in [2.05, 4.69) is 10.3 Å². The summed E-state index contributed by atoms with van der Waals surface area (Å²) in [6, 6.07) is 11.1. The van der Waals surface area contributed by atoms with Crippen LogP contribution in [-0.2, 0) is 20.8 Å². The number of hydrogen-bond donors (Lipinski definition) is 1. The van der Waals surface area contributed by atoms with Crippen molar-refractivity contribution in [2.75, 3.05) is 27.3 Å². The van der Waals surface area contributed by atoms with Gasteiger partial charge in [0.25, 0.3) is 5.91 Å². The van der Waals surface area contributed by atoms with E-state index in [0.29, 0.717) is 18.7 Å². The van der Waals surface area contributed by atoms with Crippen molar-refractivity contribution in [1.82, 2.24) is 15.4 Å². The number of pyridine rings is 1. The fourth-order valence-corrected chi connectivity index (χ4v) is 2.16. The number of carbonyl (C=O) groups is 2. The standard InChI is InChI=1S/C20H23N3O4/c1-23(26-2)20(25)15-27-18-7-3-5-16(13-18)10-12-22-19(24)9-8-17-6-4-11-21-14-17/h3-9,11,13-14H,10,12,15H2,1-2H3,(H,22,24). The Kier molecular flexibility index (Phi) is 7.99. The monoisotopic (exact) mass is 369 g/mol. The van der Waals surface area contributed by atoms with E-state index in [1.165, 1.54) is 20.2 Å². The molecule has 1 aromatic heterocycles. The molecule has 0 bridgehead atoms. The Bertz CT molecular complexity index is 778. The van der Waals surface area contributed by atoms with E-state index in [1.54, 1.807) is 24.5 Å². The molecule has 2 amide bonds. The van der Waals surface area contributed by atoms with Crippen molar-refractivity contribution in [3.8, 4) is 5.75 Å². The van der Waals surface area contributed by atoms with Crippen molar-refractivity contribution >= 4 is 17.9 Å². The highest BCUT2D eigenvalue weighted by Crippen LogP contribution is 2.13. The quantitative estimate of drug-likeness (QED) is 0.539. The van der Waals surface area contributed by atoms with Crippen LogP contribution in [-0.4, -0.2) is 49.2 Å². The van der Waals surface area contributed by atoms with E-state index in [4.69, 9.17) is 9.57 Å². The van der Waals surface area contributed by atoms with Crippen LogP contribution >= 0.6 is 0 Å². The Morgan fingerprint density at radius 1 is 1.26 bits per heavy atom. The molecule has 1 aromatic carbocycles. The number of likely N-dealkylation sites (N-methyl/N-ethyl adjacent to an activating group) is 1. The third-order valence-electron chi connectivity index (χ3n) is 3.71. The smallest absolute Gasteiger partial charge is 0.283 e. The van der Waals surface area contributed by atoms with Crippen LogP contribution in [0.25, 0.3) is 6.08 Å². The predicted octanol–water partition coefficient (Wildman–Crippen LogP) is 1.85. The molecule has 0 radical (unpaired) electrons. The second-order valence-electron chi connectivity index (χ2n) is 5.67. The van der Waals surface area contributed by atoms with E-state index >= 15 is 0 Å². The van der Waals surface area contributed by atoms with Crippen molar-refractivity contribution in [1.29, 1.82) is 0 Å². The number of rotatable bonds is 9. The molecule has 0 aliphatic rings. The maximum atomic E-state index is 11.8. The highest BCUT2D eigenvalue weighted by molar-refractivity contribution is 5.91. The number of nitrogens with zero attached hydrogens (tertiary/aromatic N) is 2. The molecule has 1 N–H and O–H groups in total. The largest absolute Gasteiger partial charge is 0.484 e. The minimum Gasteiger partial charge on any atom is -0.484 e. The number of nitrogens with one attached hydrogen (secondary N) is 1. The zero-order valence-electron chi connectivity index (χ0n) is 15.4.